The maximum Gasteiger partial charge on any atom is 0.242 e. The van der Waals surface area contributed by atoms with Crippen LogP contribution in [0.2, 0.25) is 5.02 Å². The number of hydrogen-bond donors (Lipinski definition) is 2. The van der Waals surface area contributed by atoms with Crippen LogP contribution in [-0.2, 0) is 16.1 Å². The van der Waals surface area contributed by atoms with Crippen LogP contribution < -0.4 is 15.6 Å². The molecule has 3 aromatic rings. The number of halogens is 1. The van der Waals surface area contributed by atoms with Crippen molar-refractivity contribution in [3.05, 3.63) is 77.2 Å². The lowest BCUT2D eigenvalue weighted by Gasteiger charge is -2.38. The average Bonchev–Trinajstić information content (AvgIpc) is 3.53. The summed E-state index contributed by atoms with van der Waals surface area (Å²) in [5.41, 5.74) is 3.51. The smallest absolute Gasteiger partial charge is 0.242 e. The van der Waals surface area contributed by atoms with Crippen molar-refractivity contribution >= 4 is 35.8 Å². The second-order valence-electron chi connectivity index (χ2n) is 9.90. The van der Waals surface area contributed by atoms with Gasteiger partial charge >= 0.3 is 0 Å². The molecule has 12 heteroatoms. The monoisotopic (exact) mass is 577 g/mol. The Morgan fingerprint density at radius 2 is 2.12 bits per heavy atom. The van der Waals surface area contributed by atoms with E-state index in [1.54, 1.807) is 30.1 Å². The SMILES string of the molecule is C=NN(/C=C\C)c1cccc([C@H]2CCN(CC)[C@@H](C(=O)N[C@@H](C)C(=O)NCc3cc(Cl)ccc3-n3cnnn3)C2)c1. The molecule has 4 rings (SSSR count). The van der Waals surface area contributed by atoms with Gasteiger partial charge in [-0.05, 0) is 97.6 Å². The standard InChI is InChI=1S/C29H36ClN9O2/c1-5-13-38(31-4)25-9-7-8-21(16-25)22-12-14-37(6-2)27(17-22)29(41)34-20(3)28(40)32-18-23-15-24(30)10-11-26(23)39-19-33-35-36-39/h5,7-11,13,15-16,19-20,22,27H,4,6,12,14,17-18H2,1-3H3,(H,32,40)(H,34,41)/b13-5-/t20-,22-,27+/m0/s1. The molecule has 2 amide bonds. The van der Waals surface area contributed by atoms with Gasteiger partial charge in [-0.15, -0.1) is 5.10 Å². The summed E-state index contributed by atoms with van der Waals surface area (Å²) in [6.07, 6.45) is 6.82. The third kappa shape index (κ3) is 7.36. The largest absolute Gasteiger partial charge is 0.350 e. The topological polar surface area (TPSA) is 121 Å². The Morgan fingerprint density at radius 3 is 2.83 bits per heavy atom. The van der Waals surface area contributed by atoms with Gasteiger partial charge in [0.2, 0.25) is 11.8 Å². The Bertz CT molecular complexity index is 1380. The second kappa shape index (κ2) is 14.0. The zero-order chi connectivity index (χ0) is 29.4. The van der Waals surface area contributed by atoms with Gasteiger partial charge in [-0.25, -0.2) is 9.69 Å². The average molecular weight is 578 g/mol. The number of nitrogens with zero attached hydrogens (tertiary/aromatic N) is 7. The number of hydrazone groups is 1. The first kappa shape index (κ1) is 29.9. The lowest BCUT2D eigenvalue weighted by atomic mass is 9.84. The number of amides is 2. The lowest BCUT2D eigenvalue weighted by molar-refractivity contribution is -0.132. The van der Waals surface area contributed by atoms with E-state index in [0.717, 1.165) is 36.3 Å². The van der Waals surface area contributed by atoms with Crippen LogP contribution in [0.4, 0.5) is 5.69 Å². The van der Waals surface area contributed by atoms with E-state index in [0.29, 0.717) is 17.1 Å². The number of carbonyl (C=O) groups excluding carboxylic acids is 2. The number of allylic oxidation sites excluding steroid dienone is 1. The van der Waals surface area contributed by atoms with Crippen molar-refractivity contribution in [3.63, 3.8) is 0 Å². The molecule has 1 saturated heterocycles. The van der Waals surface area contributed by atoms with E-state index in [1.807, 2.05) is 31.3 Å². The van der Waals surface area contributed by atoms with Crippen molar-refractivity contribution in [2.45, 2.75) is 58.2 Å². The van der Waals surface area contributed by atoms with Crippen molar-refractivity contribution in [2.24, 2.45) is 5.10 Å². The van der Waals surface area contributed by atoms with Crippen LogP contribution in [0.1, 0.15) is 50.7 Å². The highest BCUT2D eigenvalue weighted by atomic mass is 35.5. The van der Waals surface area contributed by atoms with E-state index in [1.165, 1.54) is 11.0 Å². The molecule has 0 unspecified atom stereocenters. The predicted molar refractivity (Wildman–Crippen MR) is 160 cm³/mol. The maximum absolute atomic E-state index is 13.5. The Morgan fingerprint density at radius 1 is 1.29 bits per heavy atom. The van der Waals surface area contributed by atoms with Crippen LogP contribution in [0.5, 0.6) is 0 Å². The summed E-state index contributed by atoms with van der Waals surface area (Å²) < 4.78 is 1.50. The number of likely N-dealkylation sites (N-methyl/N-ethyl adjacent to an activating group) is 1. The Balaban J connectivity index is 1.40. The summed E-state index contributed by atoms with van der Waals surface area (Å²) >= 11 is 6.19. The third-order valence-corrected chi connectivity index (χ3v) is 7.55. The molecule has 1 aromatic heterocycles. The van der Waals surface area contributed by atoms with Gasteiger partial charge in [0.1, 0.15) is 12.4 Å². The van der Waals surface area contributed by atoms with Crippen LogP contribution >= 0.6 is 11.6 Å². The predicted octanol–water partition coefficient (Wildman–Crippen LogP) is 3.66. The van der Waals surface area contributed by atoms with Crippen LogP contribution in [0, 0.1) is 0 Å². The van der Waals surface area contributed by atoms with Crippen molar-refractivity contribution in [1.29, 1.82) is 0 Å². The first-order valence-electron chi connectivity index (χ1n) is 13.7. The number of likely N-dealkylation sites (tertiary alicyclic amines) is 1. The van der Waals surface area contributed by atoms with Crippen molar-refractivity contribution in [1.82, 2.24) is 35.7 Å². The van der Waals surface area contributed by atoms with Crippen molar-refractivity contribution < 1.29 is 9.59 Å². The van der Waals surface area contributed by atoms with E-state index < -0.39 is 6.04 Å². The van der Waals surface area contributed by atoms with Crippen LogP contribution in [0.15, 0.2) is 66.2 Å². The van der Waals surface area contributed by atoms with E-state index >= 15 is 0 Å². The number of tetrazole rings is 1. The molecule has 11 nitrogen and oxygen atoms in total. The molecule has 41 heavy (non-hydrogen) atoms. The summed E-state index contributed by atoms with van der Waals surface area (Å²) in [6, 6.07) is 12.4. The Kier molecular flexibility index (Phi) is 10.2. The van der Waals surface area contributed by atoms with Gasteiger partial charge in [0, 0.05) is 24.5 Å². The summed E-state index contributed by atoms with van der Waals surface area (Å²) in [5.74, 6) is -0.261. The van der Waals surface area contributed by atoms with E-state index in [-0.39, 0.29) is 30.3 Å². The molecular formula is C29H36ClN9O2. The second-order valence-corrected chi connectivity index (χ2v) is 10.3. The highest BCUT2D eigenvalue weighted by Crippen LogP contribution is 2.33. The molecule has 0 aliphatic carbocycles. The normalized spacial score (nSPS) is 18.1. The van der Waals surface area contributed by atoms with Crippen molar-refractivity contribution in [3.8, 4) is 5.69 Å². The van der Waals surface area contributed by atoms with Gasteiger partial charge in [-0.1, -0.05) is 36.7 Å². The number of rotatable bonds is 11. The van der Waals surface area contributed by atoms with Gasteiger partial charge in [0.25, 0.3) is 0 Å². The van der Waals surface area contributed by atoms with Gasteiger partial charge < -0.3 is 10.6 Å². The molecule has 0 spiro atoms. The quantitative estimate of drug-likeness (QED) is 0.263. The van der Waals surface area contributed by atoms with Crippen LogP contribution in [0.25, 0.3) is 5.69 Å². The van der Waals surface area contributed by atoms with Gasteiger partial charge in [-0.3, -0.25) is 14.5 Å². The summed E-state index contributed by atoms with van der Waals surface area (Å²) in [4.78, 5) is 28.6. The zero-order valence-corrected chi connectivity index (χ0v) is 24.3. The number of hydrogen-bond acceptors (Lipinski definition) is 8. The molecule has 2 aromatic carbocycles. The minimum absolute atomic E-state index is 0.157. The molecule has 1 aliphatic rings. The summed E-state index contributed by atoms with van der Waals surface area (Å²) in [5, 5.41) is 23.4. The maximum atomic E-state index is 13.5. The van der Waals surface area contributed by atoms with Crippen molar-refractivity contribution in [2.75, 3.05) is 18.1 Å². The molecule has 2 heterocycles. The number of nitrogens with one attached hydrogen (secondary N) is 2. The van der Waals surface area contributed by atoms with Crippen LogP contribution in [0.3, 0.4) is 0 Å². The molecule has 1 fully saturated rings. The van der Waals surface area contributed by atoms with Gasteiger partial charge in [0.05, 0.1) is 17.4 Å². The summed E-state index contributed by atoms with van der Waals surface area (Å²) in [6.45, 7) is 11.1. The number of anilines is 1. The highest BCUT2D eigenvalue weighted by molar-refractivity contribution is 6.30. The molecule has 3 atom stereocenters. The zero-order valence-electron chi connectivity index (χ0n) is 23.6. The van der Waals surface area contributed by atoms with E-state index in [2.05, 4.69) is 61.9 Å². The third-order valence-electron chi connectivity index (χ3n) is 7.31. The molecule has 216 valence electrons. The first-order valence-corrected chi connectivity index (χ1v) is 14.0. The Hall–Kier alpha value is -4.09. The number of benzene rings is 2. The Labute approximate surface area is 245 Å². The van der Waals surface area contributed by atoms with E-state index in [4.69, 9.17) is 11.6 Å². The molecule has 1 aliphatic heterocycles. The van der Waals surface area contributed by atoms with Gasteiger partial charge in [-0.2, -0.15) is 5.10 Å². The molecule has 0 radical (unpaired) electrons. The highest BCUT2D eigenvalue weighted by Gasteiger charge is 2.34. The number of carbonyl (C=O) groups is 2. The van der Waals surface area contributed by atoms with Gasteiger partial charge in [0.15, 0.2) is 0 Å². The number of aromatic nitrogens is 4. The fourth-order valence-electron chi connectivity index (χ4n) is 5.15. The minimum Gasteiger partial charge on any atom is -0.350 e. The fraction of sp³-hybridized carbons (Fsp3) is 0.379. The molecule has 2 N–H and O–H groups in total. The fourth-order valence-corrected chi connectivity index (χ4v) is 5.34. The molecular weight excluding hydrogens is 542 g/mol. The molecule has 0 saturated carbocycles. The lowest BCUT2D eigenvalue weighted by Crippen LogP contribution is -2.54. The van der Waals surface area contributed by atoms with Crippen LogP contribution in [-0.4, -0.2) is 68.8 Å². The summed E-state index contributed by atoms with van der Waals surface area (Å²) in [7, 11) is 0. The van der Waals surface area contributed by atoms with E-state index in [9.17, 15) is 9.59 Å². The minimum atomic E-state index is -0.728. The first-order chi connectivity index (χ1) is 19.8. The number of piperidine rings is 1. The molecule has 0 bridgehead atoms.